The predicted molar refractivity (Wildman–Crippen MR) is 240 cm³/mol. The molecule has 0 aliphatic rings. The van der Waals surface area contributed by atoms with Crippen molar-refractivity contribution >= 4 is 65.7 Å². The summed E-state index contributed by atoms with van der Waals surface area (Å²) < 4.78 is 4.71. The summed E-state index contributed by atoms with van der Waals surface area (Å²) in [5.74, 6) is 1.74. The summed E-state index contributed by atoms with van der Waals surface area (Å²) in [5, 5.41) is 5.99. The molecule has 0 fully saturated rings. The fourth-order valence-corrected chi connectivity index (χ4v) is 8.48. The fraction of sp³-hybridized carbons (Fsp3) is 0. The van der Waals surface area contributed by atoms with Gasteiger partial charge in [-0.25, -0.2) is 19.9 Å². The van der Waals surface area contributed by atoms with Crippen LogP contribution in [0.3, 0.4) is 0 Å². The van der Waals surface area contributed by atoms with Gasteiger partial charge in [-0.15, -0.1) is 0 Å². The summed E-state index contributed by atoms with van der Waals surface area (Å²) in [6, 6.07) is 57.6. The number of fused-ring (bicyclic) bond motifs is 12. The second-order valence-electron chi connectivity index (χ2n) is 14.4. The molecule has 0 unspecified atom stereocenters. The third-order valence-electron chi connectivity index (χ3n) is 11.1. The third-order valence-corrected chi connectivity index (χ3v) is 11.1. The molecule has 0 bridgehead atoms. The van der Waals surface area contributed by atoms with Gasteiger partial charge in [-0.3, -0.25) is 4.40 Å². The van der Waals surface area contributed by atoms with Gasteiger partial charge in [0.1, 0.15) is 5.65 Å². The van der Waals surface area contributed by atoms with Crippen LogP contribution in [0.5, 0.6) is 0 Å². The molecule has 0 saturated heterocycles. The molecule has 4 heterocycles. The molecule has 11 aromatic rings. The standard InChI is InChI=1S/C52H34N6/c1-3-15-33(4-2)49-54-50(35-16-6-5-7-17-35)56-51(55-49)36-28-26-34(27-29-36)37-18-14-19-38(32-37)57-43-23-11-9-21-40(43)48-46(57)31-30-41-47(48)39-20-8-12-24-44(39)58-45-25-13-10-22-42(45)53-52(41)58/h3-32H,1-2H2/b33-15+. The minimum atomic E-state index is 0.546. The van der Waals surface area contributed by atoms with Crippen LogP contribution in [0.2, 0.25) is 0 Å². The zero-order valence-corrected chi connectivity index (χ0v) is 31.4. The van der Waals surface area contributed by atoms with Crippen molar-refractivity contribution in [1.82, 2.24) is 28.9 Å². The maximum atomic E-state index is 5.19. The highest BCUT2D eigenvalue weighted by molar-refractivity contribution is 6.30. The van der Waals surface area contributed by atoms with Crippen molar-refractivity contribution < 1.29 is 0 Å². The Morgan fingerprint density at radius 1 is 0.466 bits per heavy atom. The number of nitrogens with zero attached hydrogens (tertiary/aromatic N) is 6. The number of pyridine rings is 1. The Hall–Kier alpha value is -7.96. The highest BCUT2D eigenvalue weighted by Crippen LogP contribution is 2.42. The topological polar surface area (TPSA) is 60.9 Å². The molecule has 7 aromatic carbocycles. The van der Waals surface area contributed by atoms with E-state index in [1.54, 1.807) is 12.2 Å². The zero-order chi connectivity index (χ0) is 38.7. The van der Waals surface area contributed by atoms with E-state index < -0.39 is 0 Å². The highest BCUT2D eigenvalue weighted by atomic mass is 15.0. The lowest BCUT2D eigenvalue weighted by Gasteiger charge is -2.13. The van der Waals surface area contributed by atoms with Crippen LogP contribution in [0.1, 0.15) is 5.82 Å². The Morgan fingerprint density at radius 2 is 1.10 bits per heavy atom. The van der Waals surface area contributed by atoms with Gasteiger partial charge < -0.3 is 4.57 Å². The van der Waals surface area contributed by atoms with Gasteiger partial charge in [-0.05, 0) is 59.7 Å². The minimum Gasteiger partial charge on any atom is -0.309 e. The largest absolute Gasteiger partial charge is 0.309 e. The lowest BCUT2D eigenvalue weighted by Crippen LogP contribution is -2.02. The van der Waals surface area contributed by atoms with Crippen molar-refractivity contribution in [3.63, 3.8) is 0 Å². The van der Waals surface area contributed by atoms with Gasteiger partial charge in [0, 0.05) is 49.3 Å². The highest BCUT2D eigenvalue weighted by Gasteiger charge is 2.21. The van der Waals surface area contributed by atoms with Crippen LogP contribution >= 0.6 is 0 Å². The van der Waals surface area contributed by atoms with Crippen molar-refractivity contribution in [2.75, 3.05) is 0 Å². The number of allylic oxidation sites excluding steroid dienone is 4. The van der Waals surface area contributed by atoms with Crippen molar-refractivity contribution in [2.45, 2.75) is 0 Å². The van der Waals surface area contributed by atoms with E-state index in [4.69, 9.17) is 19.9 Å². The number of benzene rings is 7. The molecule has 58 heavy (non-hydrogen) atoms. The van der Waals surface area contributed by atoms with Crippen molar-refractivity contribution in [2.24, 2.45) is 0 Å². The normalized spacial score (nSPS) is 12.0. The lowest BCUT2D eigenvalue weighted by atomic mass is 10.00. The molecule has 0 atom stereocenters. The fourth-order valence-electron chi connectivity index (χ4n) is 8.48. The van der Waals surface area contributed by atoms with E-state index in [9.17, 15) is 0 Å². The Balaban J connectivity index is 1.06. The van der Waals surface area contributed by atoms with Gasteiger partial charge in [0.05, 0.1) is 27.6 Å². The van der Waals surface area contributed by atoms with Crippen LogP contribution in [0, 0.1) is 0 Å². The van der Waals surface area contributed by atoms with Gasteiger partial charge in [-0.2, -0.15) is 0 Å². The van der Waals surface area contributed by atoms with Crippen LogP contribution in [0.25, 0.3) is 105 Å². The van der Waals surface area contributed by atoms with Gasteiger partial charge in [-0.1, -0.05) is 147 Å². The third kappa shape index (κ3) is 5.20. The van der Waals surface area contributed by atoms with Crippen LogP contribution in [-0.2, 0) is 0 Å². The molecule has 272 valence electrons. The number of hydrogen-bond donors (Lipinski definition) is 0. The Morgan fingerprint density at radius 3 is 1.86 bits per heavy atom. The smallest absolute Gasteiger partial charge is 0.164 e. The average molecular weight is 743 g/mol. The number of hydrogen-bond acceptors (Lipinski definition) is 4. The Bertz CT molecular complexity index is 3480. The Kier molecular flexibility index (Phi) is 7.69. The van der Waals surface area contributed by atoms with E-state index in [1.165, 1.54) is 21.5 Å². The number of aromatic nitrogens is 6. The van der Waals surface area contributed by atoms with Gasteiger partial charge in [0.25, 0.3) is 0 Å². The first kappa shape index (κ1) is 33.4. The molecule has 0 aliphatic carbocycles. The SMILES string of the molecule is C=C/C=C(\C=C)c1nc(-c2ccccc2)nc(-c2ccc(-c3cccc(-n4c5ccccc5c5c6c7ccccc7n7c8ccccc8nc7c6ccc54)c3)cc2)n1. The van der Waals surface area contributed by atoms with Crippen molar-refractivity contribution in [1.29, 1.82) is 0 Å². The molecule has 0 aliphatic heterocycles. The summed E-state index contributed by atoms with van der Waals surface area (Å²) >= 11 is 0. The summed E-state index contributed by atoms with van der Waals surface area (Å²) in [6.45, 7) is 7.85. The molecular formula is C52H34N6. The molecule has 0 spiro atoms. The molecule has 0 N–H and O–H groups in total. The van der Waals surface area contributed by atoms with Crippen LogP contribution in [0.4, 0.5) is 0 Å². The second-order valence-corrected chi connectivity index (χ2v) is 14.4. The van der Waals surface area contributed by atoms with Crippen molar-refractivity contribution in [3.8, 4) is 39.6 Å². The van der Waals surface area contributed by atoms with Crippen LogP contribution in [-0.4, -0.2) is 28.9 Å². The summed E-state index contributed by atoms with van der Waals surface area (Å²) in [4.78, 5) is 19.8. The summed E-state index contributed by atoms with van der Waals surface area (Å²) in [6.07, 6.45) is 5.32. The number of para-hydroxylation sites is 4. The first-order valence-corrected chi connectivity index (χ1v) is 19.3. The molecule has 6 heteroatoms. The van der Waals surface area contributed by atoms with Crippen LogP contribution < -0.4 is 0 Å². The lowest BCUT2D eigenvalue weighted by molar-refractivity contribution is 1.04. The maximum absolute atomic E-state index is 5.19. The summed E-state index contributed by atoms with van der Waals surface area (Å²) in [7, 11) is 0. The first-order valence-electron chi connectivity index (χ1n) is 19.3. The van der Waals surface area contributed by atoms with Gasteiger partial charge in [0.2, 0.25) is 0 Å². The second kappa shape index (κ2) is 13.4. The number of imidazole rings is 1. The van der Waals surface area contributed by atoms with Gasteiger partial charge >= 0.3 is 0 Å². The summed E-state index contributed by atoms with van der Waals surface area (Å²) in [5.41, 5.74) is 12.4. The molecule has 0 saturated carbocycles. The molecule has 4 aromatic heterocycles. The average Bonchev–Trinajstić information content (AvgIpc) is 3.85. The van der Waals surface area contributed by atoms with Gasteiger partial charge in [0.15, 0.2) is 17.5 Å². The Labute approximate surface area is 334 Å². The van der Waals surface area contributed by atoms with E-state index >= 15 is 0 Å². The predicted octanol–water partition coefficient (Wildman–Crippen LogP) is 12.8. The van der Waals surface area contributed by atoms with Crippen LogP contribution in [0.15, 0.2) is 195 Å². The molecule has 0 radical (unpaired) electrons. The first-order chi connectivity index (χ1) is 28.7. The quantitative estimate of drug-likeness (QED) is 0.120. The van der Waals surface area contributed by atoms with Crippen molar-refractivity contribution in [3.05, 3.63) is 201 Å². The molecule has 11 rings (SSSR count). The number of rotatable bonds is 7. The van der Waals surface area contributed by atoms with E-state index in [-0.39, 0.29) is 0 Å². The molecule has 6 nitrogen and oxygen atoms in total. The molecule has 0 amide bonds. The molecular weight excluding hydrogens is 709 g/mol. The maximum Gasteiger partial charge on any atom is 0.164 e. The van der Waals surface area contributed by atoms with E-state index in [0.29, 0.717) is 17.5 Å². The minimum absolute atomic E-state index is 0.546. The monoisotopic (exact) mass is 742 g/mol. The van der Waals surface area contributed by atoms with E-state index in [1.807, 2.05) is 36.4 Å². The zero-order valence-electron chi connectivity index (χ0n) is 31.4. The van der Waals surface area contributed by atoms with E-state index in [0.717, 1.165) is 72.1 Å². The van der Waals surface area contributed by atoms with E-state index in [2.05, 4.69) is 156 Å².